The van der Waals surface area contributed by atoms with Gasteiger partial charge in [-0.3, -0.25) is 0 Å². The lowest BCUT2D eigenvalue weighted by molar-refractivity contribution is 0.155. The summed E-state index contributed by atoms with van der Waals surface area (Å²) in [6.07, 6.45) is -0.0889. The van der Waals surface area contributed by atoms with E-state index < -0.39 is 12.1 Å². The van der Waals surface area contributed by atoms with Crippen LogP contribution in [0.15, 0.2) is 30.3 Å². The summed E-state index contributed by atoms with van der Waals surface area (Å²) in [5, 5.41) is 29.2. The minimum Gasteiger partial charge on any atom is -0.465 e. The SMILES string of the molecule is O=C(O)N[C@H](CO)CC(CO)Cc1ccccc1. The van der Waals surface area contributed by atoms with Crippen LogP contribution in [-0.4, -0.2) is 40.7 Å². The van der Waals surface area contributed by atoms with Gasteiger partial charge in [0.2, 0.25) is 0 Å². The second kappa shape index (κ2) is 7.68. The van der Waals surface area contributed by atoms with Crippen molar-refractivity contribution in [1.29, 1.82) is 0 Å². The molecule has 0 aromatic heterocycles. The highest BCUT2D eigenvalue weighted by molar-refractivity contribution is 5.64. The number of amides is 1. The second-order valence-corrected chi connectivity index (χ2v) is 4.30. The zero-order valence-electron chi connectivity index (χ0n) is 10.1. The first-order valence-electron chi connectivity index (χ1n) is 5.90. The van der Waals surface area contributed by atoms with E-state index in [0.717, 1.165) is 5.56 Å². The van der Waals surface area contributed by atoms with Gasteiger partial charge in [0.05, 0.1) is 12.6 Å². The summed E-state index contributed by atoms with van der Waals surface area (Å²) in [6.45, 7) is -0.301. The monoisotopic (exact) mass is 253 g/mol. The molecule has 0 aliphatic carbocycles. The van der Waals surface area contributed by atoms with Gasteiger partial charge in [-0.2, -0.15) is 0 Å². The molecule has 1 unspecified atom stereocenters. The average Bonchev–Trinajstić information content (AvgIpc) is 2.37. The van der Waals surface area contributed by atoms with E-state index in [1.807, 2.05) is 30.3 Å². The first kappa shape index (κ1) is 14.5. The minimum atomic E-state index is -1.16. The maximum absolute atomic E-state index is 10.5. The summed E-state index contributed by atoms with van der Waals surface area (Å²) >= 11 is 0. The highest BCUT2D eigenvalue weighted by Gasteiger charge is 2.17. The third-order valence-electron chi connectivity index (χ3n) is 2.79. The Hall–Kier alpha value is -1.59. The molecule has 0 heterocycles. The quantitative estimate of drug-likeness (QED) is 0.580. The lowest BCUT2D eigenvalue weighted by atomic mass is 9.93. The Morgan fingerprint density at radius 2 is 1.83 bits per heavy atom. The molecule has 0 spiro atoms. The Kier molecular flexibility index (Phi) is 6.18. The number of carboxylic acid groups (broad SMARTS) is 1. The molecule has 2 atom stereocenters. The fourth-order valence-electron chi connectivity index (χ4n) is 1.93. The average molecular weight is 253 g/mol. The number of nitrogens with one attached hydrogen (secondary N) is 1. The van der Waals surface area contributed by atoms with Crippen LogP contribution in [0.2, 0.25) is 0 Å². The predicted molar refractivity (Wildman–Crippen MR) is 67.4 cm³/mol. The molecule has 0 aliphatic rings. The predicted octanol–water partition coefficient (Wildman–Crippen LogP) is 0.856. The van der Waals surface area contributed by atoms with Crippen molar-refractivity contribution >= 4 is 6.09 Å². The maximum Gasteiger partial charge on any atom is 0.404 e. The van der Waals surface area contributed by atoms with Gasteiger partial charge in [-0.1, -0.05) is 30.3 Å². The van der Waals surface area contributed by atoms with E-state index in [1.165, 1.54) is 0 Å². The van der Waals surface area contributed by atoms with Crippen LogP contribution in [0.5, 0.6) is 0 Å². The zero-order valence-corrected chi connectivity index (χ0v) is 10.1. The number of hydrogen-bond acceptors (Lipinski definition) is 3. The summed E-state index contributed by atoms with van der Waals surface area (Å²) in [6, 6.07) is 9.14. The highest BCUT2D eigenvalue weighted by Crippen LogP contribution is 2.14. The first-order valence-corrected chi connectivity index (χ1v) is 5.90. The Morgan fingerprint density at radius 1 is 1.17 bits per heavy atom. The molecule has 0 saturated carbocycles. The zero-order chi connectivity index (χ0) is 13.4. The van der Waals surface area contributed by atoms with Crippen LogP contribution in [-0.2, 0) is 6.42 Å². The number of rotatable bonds is 7. The number of aliphatic hydroxyl groups is 2. The number of benzene rings is 1. The molecule has 1 rings (SSSR count). The molecule has 0 bridgehead atoms. The fourth-order valence-corrected chi connectivity index (χ4v) is 1.93. The standard InChI is InChI=1S/C13H19NO4/c15-8-11(6-10-4-2-1-3-5-10)7-12(9-16)14-13(17)18/h1-5,11-12,14-16H,6-9H2,(H,17,18)/t11?,12-/m0/s1. The van der Waals surface area contributed by atoms with Crippen LogP contribution in [0.3, 0.4) is 0 Å². The molecule has 4 N–H and O–H groups in total. The van der Waals surface area contributed by atoms with Gasteiger partial charge >= 0.3 is 6.09 Å². The largest absolute Gasteiger partial charge is 0.465 e. The van der Waals surface area contributed by atoms with Crippen LogP contribution < -0.4 is 5.32 Å². The summed E-state index contributed by atoms with van der Waals surface area (Å²) < 4.78 is 0. The summed E-state index contributed by atoms with van der Waals surface area (Å²) in [5.41, 5.74) is 1.09. The van der Waals surface area contributed by atoms with E-state index in [2.05, 4.69) is 5.32 Å². The molecular weight excluding hydrogens is 234 g/mol. The van der Waals surface area contributed by atoms with Gasteiger partial charge in [0, 0.05) is 6.61 Å². The van der Waals surface area contributed by atoms with E-state index >= 15 is 0 Å². The molecule has 0 fully saturated rings. The van der Waals surface area contributed by atoms with Crippen LogP contribution in [0.1, 0.15) is 12.0 Å². The molecular formula is C13H19NO4. The third-order valence-corrected chi connectivity index (χ3v) is 2.79. The third kappa shape index (κ3) is 5.16. The molecule has 0 radical (unpaired) electrons. The smallest absolute Gasteiger partial charge is 0.404 e. The highest BCUT2D eigenvalue weighted by atomic mass is 16.4. The fraction of sp³-hybridized carbons (Fsp3) is 0.462. The number of hydrogen-bond donors (Lipinski definition) is 4. The Labute approximate surface area is 106 Å². The van der Waals surface area contributed by atoms with Crippen molar-refractivity contribution in [2.45, 2.75) is 18.9 Å². The van der Waals surface area contributed by atoms with Crippen molar-refractivity contribution in [3.05, 3.63) is 35.9 Å². The Bertz CT molecular complexity index is 355. The molecule has 5 nitrogen and oxygen atoms in total. The van der Waals surface area contributed by atoms with Gasteiger partial charge in [-0.05, 0) is 24.3 Å². The van der Waals surface area contributed by atoms with Crippen LogP contribution in [0, 0.1) is 5.92 Å². The first-order chi connectivity index (χ1) is 8.65. The van der Waals surface area contributed by atoms with Gasteiger partial charge in [0.15, 0.2) is 0 Å². The summed E-state index contributed by atoms with van der Waals surface area (Å²) in [5.74, 6) is -0.0728. The van der Waals surface area contributed by atoms with E-state index in [0.29, 0.717) is 12.8 Å². The lowest BCUT2D eigenvalue weighted by Crippen LogP contribution is -2.38. The molecule has 18 heavy (non-hydrogen) atoms. The van der Waals surface area contributed by atoms with E-state index in [1.54, 1.807) is 0 Å². The topological polar surface area (TPSA) is 89.8 Å². The minimum absolute atomic E-state index is 0.0350. The Balaban J connectivity index is 2.52. The van der Waals surface area contributed by atoms with Gasteiger partial charge in [0.1, 0.15) is 0 Å². The van der Waals surface area contributed by atoms with E-state index in [-0.39, 0.29) is 19.1 Å². The van der Waals surface area contributed by atoms with E-state index in [9.17, 15) is 9.90 Å². The molecule has 1 aromatic carbocycles. The van der Waals surface area contributed by atoms with Crippen molar-refractivity contribution in [2.75, 3.05) is 13.2 Å². The van der Waals surface area contributed by atoms with Crippen molar-refractivity contribution in [3.63, 3.8) is 0 Å². The molecule has 0 aliphatic heterocycles. The normalized spacial score (nSPS) is 13.9. The summed E-state index contributed by atoms with van der Waals surface area (Å²) in [7, 11) is 0. The van der Waals surface area contributed by atoms with Crippen molar-refractivity contribution in [2.24, 2.45) is 5.92 Å². The molecule has 1 aromatic rings. The lowest BCUT2D eigenvalue weighted by Gasteiger charge is -2.20. The van der Waals surface area contributed by atoms with Crippen molar-refractivity contribution < 1.29 is 20.1 Å². The van der Waals surface area contributed by atoms with Gasteiger partial charge < -0.3 is 20.6 Å². The van der Waals surface area contributed by atoms with Gasteiger partial charge in [-0.25, -0.2) is 4.79 Å². The van der Waals surface area contributed by atoms with Crippen LogP contribution >= 0.6 is 0 Å². The van der Waals surface area contributed by atoms with Gasteiger partial charge in [0.25, 0.3) is 0 Å². The number of aliphatic hydroxyl groups excluding tert-OH is 2. The van der Waals surface area contributed by atoms with Crippen molar-refractivity contribution in [3.8, 4) is 0 Å². The van der Waals surface area contributed by atoms with E-state index in [4.69, 9.17) is 10.2 Å². The summed E-state index contributed by atoms with van der Waals surface area (Å²) in [4.78, 5) is 10.5. The van der Waals surface area contributed by atoms with Gasteiger partial charge in [-0.15, -0.1) is 0 Å². The molecule has 5 heteroatoms. The molecule has 1 amide bonds. The maximum atomic E-state index is 10.5. The Morgan fingerprint density at radius 3 is 2.33 bits per heavy atom. The molecule has 0 saturated heterocycles. The number of carbonyl (C=O) groups is 1. The molecule has 100 valence electrons. The second-order valence-electron chi connectivity index (χ2n) is 4.30. The van der Waals surface area contributed by atoms with Crippen LogP contribution in [0.4, 0.5) is 4.79 Å². The van der Waals surface area contributed by atoms with Crippen LogP contribution in [0.25, 0.3) is 0 Å². The van der Waals surface area contributed by atoms with Crippen molar-refractivity contribution in [1.82, 2.24) is 5.32 Å².